The molecule has 3 heteroatoms. The Kier molecular flexibility index (Phi) is 17.6. The molecule has 0 atom stereocenters. The van der Waals surface area contributed by atoms with Crippen LogP contribution in [0.4, 0.5) is 0 Å². The Balaban J connectivity index is 4.37. The van der Waals surface area contributed by atoms with Crippen molar-refractivity contribution in [3.63, 3.8) is 0 Å². The van der Waals surface area contributed by atoms with Crippen molar-refractivity contribution in [2.24, 2.45) is 11.8 Å². The summed E-state index contributed by atoms with van der Waals surface area (Å²) < 4.78 is 12.4. The maximum atomic E-state index is 6.21. The summed E-state index contributed by atoms with van der Waals surface area (Å²) in [6.45, 7) is 11.8. The molecule has 0 aromatic rings. The summed E-state index contributed by atoms with van der Waals surface area (Å²) in [5.74, 6) is 1.38. The van der Waals surface area contributed by atoms with Gasteiger partial charge in [0.2, 0.25) is 0 Å². The fourth-order valence-electron chi connectivity index (χ4n) is 3.40. The van der Waals surface area contributed by atoms with Gasteiger partial charge in [0.1, 0.15) is 0 Å². The van der Waals surface area contributed by atoms with Crippen LogP contribution in [0, 0.1) is 11.8 Å². The van der Waals surface area contributed by atoms with Crippen molar-refractivity contribution in [2.45, 2.75) is 98.2 Å². The third-order valence-electron chi connectivity index (χ3n) is 4.69. The average molecular weight is 344 g/mol. The predicted molar refractivity (Wildman–Crippen MR) is 105 cm³/mol. The summed E-state index contributed by atoms with van der Waals surface area (Å²) in [6, 6.07) is 0. The van der Waals surface area contributed by atoms with Crippen LogP contribution in [0.15, 0.2) is 0 Å². The molecule has 0 aliphatic rings. The van der Waals surface area contributed by atoms with Gasteiger partial charge in [-0.2, -0.15) is 0 Å². The van der Waals surface area contributed by atoms with Gasteiger partial charge in [-0.25, -0.2) is 0 Å². The van der Waals surface area contributed by atoms with E-state index in [4.69, 9.17) is 9.47 Å². The van der Waals surface area contributed by atoms with Crippen LogP contribution in [0.3, 0.4) is 0 Å². The van der Waals surface area contributed by atoms with E-state index in [1.54, 1.807) is 0 Å². The minimum atomic E-state index is -0.0224. The Bertz CT molecular complexity index is 216. The molecule has 0 saturated heterocycles. The van der Waals surface area contributed by atoms with Gasteiger partial charge in [-0.15, -0.1) is 0 Å². The number of rotatable bonds is 18. The number of nitrogens with one attached hydrogen (secondary N) is 1. The molecular formula is C21H45NO2. The van der Waals surface area contributed by atoms with E-state index in [9.17, 15) is 0 Å². The van der Waals surface area contributed by atoms with E-state index in [0.717, 1.165) is 32.6 Å². The van der Waals surface area contributed by atoms with Crippen molar-refractivity contribution in [3.8, 4) is 0 Å². The molecule has 0 aromatic heterocycles. The largest absolute Gasteiger partial charge is 0.352 e. The lowest BCUT2D eigenvalue weighted by Gasteiger charge is -2.25. The van der Waals surface area contributed by atoms with E-state index in [1.165, 1.54) is 51.4 Å². The zero-order chi connectivity index (χ0) is 18.0. The van der Waals surface area contributed by atoms with Crippen LogP contribution in [-0.2, 0) is 9.47 Å². The fourth-order valence-corrected chi connectivity index (χ4v) is 3.40. The molecule has 0 heterocycles. The maximum Gasteiger partial charge on any atom is 0.157 e. The van der Waals surface area contributed by atoms with Gasteiger partial charge in [0.25, 0.3) is 0 Å². The molecule has 0 saturated carbocycles. The van der Waals surface area contributed by atoms with Gasteiger partial charge < -0.3 is 14.8 Å². The highest BCUT2D eigenvalue weighted by molar-refractivity contribution is 4.61. The first-order valence-electron chi connectivity index (χ1n) is 10.6. The van der Waals surface area contributed by atoms with Crippen molar-refractivity contribution in [3.05, 3.63) is 0 Å². The molecule has 146 valence electrons. The van der Waals surface area contributed by atoms with E-state index < -0.39 is 0 Å². The molecule has 0 aromatic carbocycles. The van der Waals surface area contributed by atoms with Gasteiger partial charge in [-0.3, -0.25) is 0 Å². The van der Waals surface area contributed by atoms with E-state index in [2.05, 4.69) is 33.0 Å². The van der Waals surface area contributed by atoms with Crippen LogP contribution in [0.25, 0.3) is 0 Å². The molecule has 0 aliphatic heterocycles. The lowest BCUT2D eigenvalue weighted by atomic mass is 9.99. The SMILES string of the molecule is CCCC(CCC)COC(CCCNC)OCC(CCC)CCC. The monoisotopic (exact) mass is 343 g/mol. The smallest absolute Gasteiger partial charge is 0.157 e. The Hall–Kier alpha value is -0.120. The standard InChI is InChI=1S/C21H45NO2/c1-6-11-19(12-7-2)17-23-21(15-10-16-22-5)24-18-20(13-8-3)14-9-4/h19-22H,6-18H2,1-5H3. The molecule has 0 unspecified atom stereocenters. The Morgan fingerprint density at radius 3 is 1.42 bits per heavy atom. The Morgan fingerprint density at radius 2 is 1.08 bits per heavy atom. The van der Waals surface area contributed by atoms with Gasteiger partial charge in [-0.1, -0.05) is 53.4 Å². The average Bonchev–Trinajstić information content (AvgIpc) is 2.57. The fraction of sp³-hybridized carbons (Fsp3) is 1.00. The number of ether oxygens (including phenoxy) is 2. The van der Waals surface area contributed by atoms with Gasteiger partial charge in [-0.05, 0) is 64.0 Å². The van der Waals surface area contributed by atoms with Crippen molar-refractivity contribution in [1.82, 2.24) is 5.32 Å². The zero-order valence-electron chi connectivity index (χ0n) is 17.2. The summed E-state index contributed by atoms with van der Waals surface area (Å²) in [4.78, 5) is 0. The van der Waals surface area contributed by atoms with E-state index >= 15 is 0 Å². The van der Waals surface area contributed by atoms with Crippen LogP contribution < -0.4 is 5.32 Å². The first-order valence-corrected chi connectivity index (χ1v) is 10.6. The van der Waals surface area contributed by atoms with Crippen molar-refractivity contribution < 1.29 is 9.47 Å². The van der Waals surface area contributed by atoms with Crippen LogP contribution >= 0.6 is 0 Å². The molecule has 0 rings (SSSR count). The Morgan fingerprint density at radius 1 is 0.667 bits per heavy atom. The quantitative estimate of drug-likeness (QED) is 0.253. The molecule has 0 spiro atoms. The zero-order valence-corrected chi connectivity index (χ0v) is 17.2. The lowest BCUT2D eigenvalue weighted by molar-refractivity contribution is -0.162. The van der Waals surface area contributed by atoms with Gasteiger partial charge in [0, 0.05) is 0 Å². The second-order valence-electron chi connectivity index (χ2n) is 7.23. The van der Waals surface area contributed by atoms with Crippen molar-refractivity contribution in [2.75, 3.05) is 26.8 Å². The first kappa shape index (κ1) is 23.9. The van der Waals surface area contributed by atoms with Crippen LogP contribution in [0.2, 0.25) is 0 Å². The van der Waals surface area contributed by atoms with Gasteiger partial charge in [0.15, 0.2) is 6.29 Å². The third-order valence-corrected chi connectivity index (χ3v) is 4.69. The van der Waals surface area contributed by atoms with Crippen molar-refractivity contribution >= 4 is 0 Å². The summed E-state index contributed by atoms with van der Waals surface area (Å²) in [6.07, 6.45) is 12.1. The highest BCUT2D eigenvalue weighted by Gasteiger charge is 2.16. The highest BCUT2D eigenvalue weighted by Crippen LogP contribution is 2.19. The number of hydrogen-bond donors (Lipinski definition) is 1. The topological polar surface area (TPSA) is 30.5 Å². The second-order valence-corrected chi connectivity index (χ2v) is 7.23. The van der Waals surface area contributed by atoms with Crippen LogP contribution in [0.1, 0.15) is 91.9 Å². The molecule has 3 nitrogen and oxygen atoms in total. The first-order chi connectivity index (χ1) is 11.7. The highest BCUT2D eigenvalue weighted by atomic mass is 16.7. The molecule has 1 N–H and O–H groups in total. The maximum absolute atomic E-state index is 6.21. The second kappa shape index (κ2) is 17.7. The molecule has 0 radical (unpaired) electrons. The minimum absolute atomic E-state index is 0.0224. The summed E-state index contributed by atoms with van der Waals surface area (Å²) in [5, 5.41) is 3.22. The third kappa shape index (κ3) is 13.2. The molecule has 0 aliphatic carbocycles. The normalized spacial score (nSPS) is 12.0. The minimum Gasteiger partial charge on any atom is -0.352 e. The van der Waals surface area contributed by atoms with E-state index in [0.29, 0.717) is 11.8 Å². The van der Waals surface area contributed by atoms with E-state index in [1.807, 2.05) is 7.05 Å². The summed E-state index contributed by atoms with van der Waals surface area (Å²) >= 11 is 0. The van der Waals surface area contributed by atoms with E-state index in [-0.39, 0.29) is 6.29 Å². The molecular weight excluding hydrogens is 298 g/mol. The molecule has 24 heavy (non-hydrogen) atoms. The van der Waals surface area contributed by atoms with Crippen LogP contribution in [-0.4, -0.2) is 33.1 Å². The van der Waals surface area contributed by atoms with Crippen molar-refractivity contribution in [1.29, 1.82) is 0 Å². The number of hydrogen-bond acceptors (Lipinski definition) is 3. The predicted octanol–water partition coefficient (Wildman–Crippen LogP) is 5.78. The summed E-state index contributed by atoms with van der Waals surface area (Å²) in [7, 11) is 2.01. The van der Waals surface area contributed by atoms with Gasteiger partial charge in [0.05, 0.1) is 13.2 Å². The lowest BCUT2D eigenvalue weighted by Crippen LogP contribution is -2.25. The molecule has 0 bridgehead atoms. The molecule has 0 fully saturated rings. The molecule has 0 amide bonds. The van der Waals surface area contributed by atoms with Crippen LogP contribution in [0.5, 0.6) is 0 Å². The Labute approximate surface area is 152 Å². The van der Waals surface area contributed by atoms with Gasteiger partial charge >= 0.3 is 0 Å². The summed E-state index contributed by atoms with van der Waals surface area (Å²) in [5.41, 5.74) is 0.